The molecule has 1 aromatic carbocycles. The molecule has 1 spiro atoms. The summed E-state index contributed by atoms with van der Waals surface area (Å²) in [4.78, 5) is 15.0. The van der Waals surface area contributed by atoms with Gasteiger partial charge in [-0.1, -0.05) is 28.8 Å². The van der Waals surface area contributed by atoms with Crippen molar-refractivity contribution in [2.24, 2.45) is 4.99 Å². The van der Waals surface area contributed by atoms with Gasteiger partial charge < -0.3 is 9.47 Å². The molecule has 0 unspecified atom stereocenters. The number of ether oxygens (including phenoxy) is 2. The van der Waals surface area contributed by atoms with Crippen LogP contribution in [-0.2, 0) is 10.3 Å². The Labute approximate surface area is 131 Å². The summed E-state index contributed by atoms with van der Waals surface area (Å²) in [5.74, 6) is 1.13. The second kappa shape index (κ2) is 4.59. The summed E-state index contributed by atoms with van der Waals surface area (Å²) in [6.07, 6.45) is 8.70. The van der Waals surface area contributed by atoms with Crippen molar-refractivity contribution in [3.8, 4) is 11.5 Å². The largest absolute Gasteiger partial charge is 0.448 e. The number of hydrogen-bond acceptors (Lipinski definition) is 4. The van der Waals surface area contributed by atoms with Crippen molar-refractivity contribution in [2.75, 3.05) is 0 Å². The first-order valence-electron chi connectivity index (χ1n) is 7.48. The van der Waals surface area contributed by atoms with Crippen LogP contribution in [0, 0.1) is 0 Å². The van der Waals surface area contributed by atoms with Gasteiger partial charge in [0.25, 0.3) is 5.79 Å². The molecule has 3 aliphatic rings. The van der Waals surface area contributed by atoms with E-state index in [0.29, 0.717) is 0 Å². The molecule has 1 aliphatic heterocycles. The molecule has 0 saturated heterocycles. The lowest BCUT2D eigenvalue weighted by Gasteiger charge is -2.35. The maximum absolute atomic E-state index is 10.9. The minimum Gasteiger partial charge on any atom is -0.448 e. The Bertz CT molecular complexity index is 641. The maximum atomic E-state index is 10.9. The standard InChI is InChI=1S/C16H16BrNO3/c17-12-9-14-13(20-16(21-14)6-3-7-16)8-11(12)15(18-10-19)4-1-2-5-15/h8-9H,1-7H2. The predicted octanol–water partition coefficient (Wildman–Crippen LogP) is 4.21. The summed E-state index contributed by atoms with van der Waals surface area (Å²) in [5.41, 5.74) is 0.566. The summed E-state index contributed by atoms with van der Waals surface area (Å²) < 4.78 is 12.9. The Kier molecular flexibility index (Phi) is 2.92. The number of aliphatic imine (C=N–C) groups is 1. The third-order valence-corrected chi connectivity index (χ3v) is 5.59. The summed E-state index contributed by atoms with van der Waals surface area (Å²) in [5, 5.41) is 0. The molecule has 0 N–H and O–H groups in total. The fraction of sp³-hybridized carbons (Fsp3) is 0.562. The highest BCUT2D eigenvalue weighted by atomic mass is 79.9. The van der Waals surface area contributed by atoms with E-state index in [1.807, 2.05) is 12.1 Å². The molecular formula is C16H16BrNO3. The Morgan fingerprint density at radius 2 is 1.71 bits per heavy atom. The third kappa shape index (κ3) is 1.95. The van der Waals surface area contributed by atoms with Gasteiger partial charge >= 0.3 is 0 Å². The van der Waals surface area contributed by atoms with Crippen LogP contribution in [0.4, 0.5) is 0 Å². The molecule has 0 bridgehead atoms. The minimum atomic E-state index is -0.450. The highest BCUT2D eigenvalue weighted by Crippen LogP contribution is 2.53. The minimum absolute atomic E-state index is 0.433. The van der Waals surface area contributed by atoms with Crippen molar-refractivity contribution in [2.45, 2.75) is 56.3 Å². The van der Waals surface area contributed by atoms with Gasteiger partial charge in [-0.15, -0.1) is 0 Å². The van der Waals surface area contributed by atoms with Crippen LogP contribution in [0.5, 0.6) is 11.5 Å². The van der Waals surface area contributed by atoms with E-state index in [1.165, 1.54) is 0 Å². The molecular weight excluding hydrogens is 334 g/mol. The summed E-state index contributed by atoms with van der Waals surface area (Å²) in [6, 6.07) is 3.96. The number of rotatable bonds is 2. The van der Waals surface area contributed by atoms with E-state index in [1.54, 1.807) is 6.08 Å². The summed E-state index contributed by atoms with van der Waals surface area (Å²) in [6.45, 7) is 0. The van der Waals surface area contributed by atoms with Crippen molar-refractivity contribution >= 4 is 22.0 Å². The van der Waals surface area contributed by atoms with Crippen molar-refractivity contribution < 1.29 is 14.3 Å². The monoisotopic (exact) mass is 349 g/mol. The zero-order chi connectivity index (χ0) is 14.5. The van der Waals surface area contributed by atoms with E-state index in [2.05, 4.69) is 20.9 Å². The van der Waals surface area contributed by atoms with Crippen molar-refractivity contribution in [3.05, 3.63) is 22.2 Å². The van der Waals surface area contributed by atoms with Gasteiger partial charge in [0, 0.05) is 17.3 Å². The smallest absolute Gasteiger partial charge is 0.251 e. The van der Waals surface area contributed by atoms with E-state index >= 15 is 0 Å². The lowest BCUT2D eigenvalue weighted by Crippen LogP contribution is -2.45. The van der Waals surface area contributed by atoms with E-state index < -0.39 is 11.3 Å². The maximum Gasteiger partial charge on any atom is 0.251 e. The SMILES string of the molecule is O=C=NC1(c2cc3c(cc2Br)OC2(CCC2)O3)CCCC1. The first-order valence-corrected chi connectivity index (χ1v) is 8.27. The summed E-state index contributed by atoms with van der Waals surface area (Å²) in [7, 11) is 0. The zero-order valence-electron chi connectivity index (χ0n) is 11.7. The zero-order valence-corrected chi connectivity index (χ0v) is 13.2. The Hall–Kier alpha value is -1.32. The number of benzene rings is 1. The quantitative estimate of drug-likeness (QED) is 0.593. The number of fused-ring (bicyclic) bond motifs is 1. The van der Waals surface area contributed by atoms with Crippen LogP contribution in [0.25, 0.3) is 0 Å². The van der Waals surface area contributed by atoms with Gasteiger partial charge in [0.2, 0.25) is 6.08 Å². The molecule has 21 heavy (non-hydrogen) atoms. The summed E-state index contributed by atoms with van der Waals surface area (Å²) >= 11 is 3.62. The third-order valence-electron chi connectivity index (χ3n) is 4.93. The molecule has 4 rings (SSSR count). The Morgan fingerprint density at radius 1 is 1.05 bits per heavy atom. The molecule has 0 aromatic heterocycles. The first-order chi connectivity index (χ1) is 10.2. The normalized spacial score (nSPS) is 23.7. The Morgan fingerprint density at radius 3 is 2.29 bits per heavy atom. The fourth-order valence-electron chi connectivity index (χ4n) is 3.63. The number of isocyanates is 1. The molecule has 0 amide bonds. The molecule has 2 saturated carbocycles. The molecule has 4 nitrogen and oxygen atoms in total. The van der Waals surface area contributed by atoms with Crippen molar-refractivity contribution in [3.63, 3.8) is 0 Å². The Balaban J connectivity index is 1.77. The van der Waals surface area contributed by atoms with Gasteiger partial charge in [0.1, 0.15) is 0 Å². The van der Waals surface area contributed by atoms with Gasteiger partial charge in [0.15, 0.2) is 11.5 Å². The van der Waals surface area contributed by atoms with Crippen molar-refractivity contribution in [1.29, 1.82) is 0 Å². The molecule has 110 valence electrons. The molecule has 2 aliphatic carbocycles. The molecule has 0 radical (unpaired) electrons. The van der Waals surface area contributed by atoms with Crippen LogP contribution >= 0.6 is 15.9 Å². The second-order valence-electron chi connectivity index (χ2n) is 6.19. The van der Waals surface area contributed by atoms with Crippen molar-refractivity contribution in [1.82, 2.24) is 0 Å². The number of carbonyl (C=O) groups excluding carboxylic acids is 1. The number of halogens is 1. The lowest BCUT2D eigenvalue weighted by atomic mass is 9.88. The molecule has 1 heterocycles. The van der Waals surface area contributed by atoms with Crippen LogP contribution in [-0.4, -0.2) is 11.9 Å². The van der Waals surface area contributed by atoms with Gasteiger partial charge in [-0.3, -0.25) is 0 Å². The van der Waals surface area contributed by atoms with E-state index in [9.17, 15) is 4.79 Å². The van der Waals surface area contributed by atoms with Gasteiger partial charge in [-0.2, -0.15) is 4.99 Å². The fourth-order valence-corrected chi connectivity index (χ4v) is 4.32. The number of nitrogens with zero attached hydrogens (tertiary/aromatic N) is 1. The van der Waals surface area contributed by atoms with Crippen LogP contribution in [0.2, 0.25) is 0 Å². The average molecular weight is 350 g/mol. The second-order valence-corrected chi connectivity index (χ2v) is 7.04. The predicted molar refractivity (Wildman–Crippen MR) is 80.2 cm³/mol. The first kappa shape index (κ1) is 13.4. The van der Waals surface area contributed by atoms with E-state index in [-0.39, 0.29) is 0 Å². The highest BCUT2D eigenvalue weighted by Gasteiger charge is 2.48. The molecule has 5 heteroatoms. The molecule has 0 atom stereocenters. The van der Waals surface area contributed by atoms with Gasteiger partial charge in [0.05, 0.1) is 5.54 Å². The van der Waals surface area contributed by atoms with Crippen LogP contribution in [0.15, 0.2) is 21.6 Å². The van der Waals surface area contributed by atoms with E-state index in [0.717, 1.165) is 66.5 Å². The van der Waals surface area contributed by atoms with Crippen LogP contribution in [0.1, 0.15) is 50.5 Å². The van der Waals surface area contributed by atoms with Gasteiger partial charge in [-0.25, -0.2) is 4.79 Å². The topological polar surface area (TPSA) is 47.9 Å². The number of hydrogen-bond donors (Lipinski definition) is 0. The highest BCUT2D eigenvalue weighted by molar-refractivity contribution is 9.10. The molecule has 2 fully saturated rings. The molecule has 1 aromatic rings. The average Bonchev–Trinajstić information content (AvgIpc) is 3.02. The lowest BCUT2D eigenvalue weighted by molar-refractivity contribution is -0.138. The van der Waals surface area contributed by atoms with Crippen LogP contribution in [0.3, 0.4) is 0 Å². The van der Waals surface area contributed by atoms with Crippen LogP contribution < -0.4 is 9.47 Å². The van der Waals surface area contributed by atoms with Gasteiger partial charge in [-0.05, 0) is 37.0 Å². The van der Waals surface area contributed by atoms with E-state index in [4.69, 9.17) is 9.47 Å².